The third kappa shape index (κ3) is 4.42. The standard InChI is InChI=1S/C17H27FN2O/c1-13(2)19-11-15-5-4-6-16(18)17(15)20-9-7-14(8-10-20)12-21-3/h4-6,13-14,19H,7-12H2,1-3H3. The van der Waals surface area contributed by atoms with Gasteiger partial charge in [0.15, 0.2) is 0 Å². The minimum atomic E-state index is -0.108. The van der Waals surface area contributed by atoms with Gasteiger partial charge in [-0.1, -0.05) is 26.0 Å². The molecule has 1 heterocycles. The Morgan fingerprint density at radius 3 is 2.67 bits per heavy atom. The van der Waals surface area contributed by atoms with Crippen LogP contribution in [0.15, 0.2) is 18.2 Å². The van der Waals surface area contributed by atoms with Gasteiger partial charge < -0.3 is 15.0 Å². The molecule has 0 aliphatic carbocycles. The van der Waals surface area contributed by atoms with E-state index in [2.05, 4.69) is 24.1 Å². The fourth-order valence-electron chi connectivity index (χ4n) is 2.93. The SMILES string of the molecule is COCC1CCN(c2c(F)cccc2CNC(C)C)CC1. The molecule has 1 aromatic carbocycles. The van der Waals surface area contributed by atoms with Crippen molar-refractivity contribution in [2.24, 2.45) is 5.92 Å². The number of nitrogens with one attached hydrogen (secondary N) is 1. The van der Waals surface area contributed by atoms with Crippen molar-refractivity contribution in [2.75, 3.05) is 31.7 Å². The summed E-state index contributed by atoms with van der Waals surface area (Å²) in [5.74, 6) is 0.499. The van der Waals surface area contributed by atoms with Crippen LogP contribution in [-0.2, 0) is 11.3 Å². The second-order valence-electron chi connectivity index (χ2n) is 6.17. The summed E-state index contributed by atoms with van der Waals surface area (Å²) in [4.78, 5) is 2.19. The molecule has 1 saturated heterocycles. The fraction of sp³-hybridized carbons (Fsp3) is 0.647. The van der Waals surface area contributed by atoms with Gasteiger partial charge >= 0.3 is 0 Å². The molecule has 21 heavy (non-hydrogen) atoms. The number of rotatable bonds is 6. The highest BCUT2D eigenvalue weighted by Gasteiger charge is 2.23. The second-order valence-corrected chi connectivity index (χ2v) is 6.17. The first-order valence-corrected chi connectivity index (χ1v) is 7.86. The maximum absolute atomic E-state index is 14.3. The molecule has 4 heteroatoms. The summed E-state index contributed by atoms with van der Waals surface area (Å²) < 4.78 is 19.5. The van der Waals surface area contributed by atoms with E-state index in [4.69, 9.17) is 4.74 Å². The summed E-state index contributed by atoms with van der Waals surface area (Å²) in [7, 11) is 1.75. The summed E-state index contributed by atoms with van der Waals surface area (Å²) in [6, 6.07) is 5.78. The molecule has 0 amide bonds. The Kier molecular flexibility index (Phi) is 6.00. The lowest BCUT2D eigenvalue weighted by molar-refractivity contribution is 0.139. The molecule has 0 atom stereocenters. The normalized spacial score (nSPS) is 16.7. The molecule has 0 radical (unpaired) electrons. The van der Waals surface area contributed by atoms with E-state index < -0.39 is 0 Å². The number of ether oxygens (including phenoxy) is 1. The van der Waals surface area contributed by atoms with Gasteiger partial charge in [-0.15, -0.1) is 0 Å². The van der Waals surface area contributed by atoms with E-state index in [0.29, 0.717) is 18.5 Å². The Morgan fingerprint density at radius 2 is 2.05 bits per heavy atom. The molecule has 1 aliphatic rings. The van der Waals surface area contributed by atoms with Crippen LogP contribution in [0, 0.1) is 11.7 Å². The first-order chi connectivity index (χ1) is 10.1. The minimum absolute atomic E-state index is 0.108. The van der Waals surface area contributed by atoms with Gasteiger partial charge in [-0.25, -0.2) is 4.39 Å². The lowest BCUT2D eigenvalue weighted by Gasteiger charge is -2.34. The topological polar surface area (TPSA) is 24.5 Å². The lowest BCUT2D eigenvalue weighted by atomic mass is 9.96. The molecule has 118 valence electrons. The summed E-state index contributed by atoms with van der Waals surface area (Å²) >= 11 is 0. The van der Waals surface area contributed by atoms with Crippen LogP contribution in [0.5, 0.6) is 0 Å². The van der Waals surface area contributed by atoms with E-state index in [1.54, 1.807) is 19.2 Å². The number of hydrogen-bond donors (Lipinski definition) is 1. The van der Waals surface area contributed by atoms with Crippen molar-refractivity contribution in [1.82, 2.24) is 5.32 Å². The lowest BCUT2D eigenvalue weighted by Crippen LogP contribution is -2.36. The van der Waals surface area contributed by atoms with Crippen molar-refractivity contribution in [1.29, 1.82) is 0 Å². The van der Waals surface area contributed by atoms with Crippen LogP contribution in [0.4, 0.5) is 10.1 Å². The Labute approximate surface area is 127 Å². The van der Waals surface area contributed by atoms with E-state index in [1.807, 2.05) is 6.07 Å². The van der Waals surface area contributed by atoms with Crippen molar-refractivity contribution in [2.45, 2.75) is 39.3 Å². The van der Waals surface area contributed by atoms with Gasteiger partial charge in [0.2, 0.25) is 0 Å². The third-order valence-electron chi connectivity index (χ3n) is 4.10. The highest BCUT2D eigenvalue weighted by Crippen LogP contribution is 2.29. The van der Waals surface area contributed by atoms with E-state index in [9.17, 15) is 4.39 Å². The smallest absolute Gasteiger partial charge is 0.146 e. The van der Waals surface area contributed by atoms with Crippen molar-refractivity contribution in [3.8, 4) is 0 Å². The molecule has 1 aromatic rings. The highest BCUT2D eigenvalue weighted by molar-refractivity contribution is 5.55. The van der Waals surface area contributed by atoms with Gasteiger partial charge in [0.05, 0.1) is 5.69 Å². The predicted molar refractivity (Wildman–Crippen MR) is 85.2 cm³/mol. The maximum Gasteiger partial charge on any atom is 0.146 e. The second kappa shape index (κ2) is 7.76. The summed E-state index contributed by atoms with van der Waals surface area (Å²) in [6.07, 6.45) is 2.14. The van der Waals surface area contributed by atoms with Gasteiger partial charge in [0.25, 0.3) is 0 Å². The molecule has 0 aromatic heterocycles. The molecular weight excluding hydrogens is 267 g/mol. The van der Waals surface area contributed by atoms with Crippen LogP contribution >= 0.6 is 0 Å². The van der Waals surface area contributed by atoms with Crippen LogP contribution in [-0.4, -0.2) is 32.8 Å². The zero-order valence-electron chi connectivity index (χ0n) is 13.4. The van der Waals surface area contributed by atoms with Gasteiger partial charge in [0, 0.05) is 39.4 Å². The molecule has 0 saturated carbocycles. The zero-order chi connectivity index (χ0) is 15.2. The zero-order valence-corrected chi connectivity index (χ0v) is 13.4. The number of piperidine rings is 1. The average molecular weight is 294 g/mol. The van der Waals surface area contributed by atoms with Gasteiger partial charge in [0.1, 0.15) is 5.82 Å². The quantitative estimate of drug-likeness (QED) is 0.872. The van der Waals surface area contributed by atoms with Gasteiger partial charge in [-0.05, 0) is 30.4 Å². The monoisotopic (exact) mass is 294 g/mol. The molecule has 2 rings (SSSR count). The Hall–Kier alpha value is -1.13. The van der Waals surface area contributed by atoms with Crippen LogP contribution in [0.3, 0.4) is 0 Å². The van der Waals surface area contributed by atoms with Crippen molar-refractivity contribution in [3.05, 3.63) is 29.6 Å². The predicted octanol–water partition coefficient (Wildman–Crippen LogP) is 3.19. The van der Waals surface area contributed by atoms with Crippen molar-refractivity contribution in [3.63, 3.8) is 0 Å². The summed E-state index contributed by atoms with van der Waals surface area (Å²) in [5, 5.41) is 3.38. The Balaban J connectivity index is 2.08. The number of hydrogen-bond acceptors (Lipinski definition) is 3. The molecule has 1 aliphatic heterocycles. The number of anilines is 1. The van der Waals surface area contributed by atoms with E-state index >= 15 is 0 Å². The van der Waals surface area contributed by atoms with Crippen LogP contribution in [0.2, 0.25) is 0 Å². The van der Waals surface area contributed by atoms with Gasteiger partial charge in [-0.2, -0.15) is 0 Å². The summed E-state index contributed by atoms with van der Waals surface area (Å²) in [6.45, 7) is 7.55. The van der Waals surface area contributed by atoms with Crippen molar-refractivity contribution < 1.29 is 9.13 Å². The fourth-order valence-corrected chi connectivity index (χ4v) is 2.93. The van der Waals surface area contributed by atoms with Gasteiger partial charge in [-0.3, -0.25) is 0 Å². The third-order valence-corrected chi connectivity index (χ3v) is 4.10. The number of methoxy groups -OCH3 is 1. The number of benzene rings is 1. The van der Waals surface area contributed by atoms with E-state index in [0.717, 1.165) is 43.8 Å². The van der Waals surface area contributed by atoms with Crippen molar-refractivity contribution >= 4 is 5.69 Å². The van der Waals surface area contributed by atoms with Crippen LogP contribution in [0.1, 0.15) is 32.3 Å². The highest BCUT2D eigenvalue weighted by atomic mass is 19.1. The maximum atomic E-state index is 14.3. The molecule has 0 unspecified atom stereocenters. The average Bonchev–Trinajstić information content (AvgIpc) is 2.46. The number of para-hydroxylation sites is 1. The molecule has 0 spiro atoms. The molecule has 1 fully saturated rings. The largest absolute Gasteiger partial charge is 0.384 e. The molecule has 1 N–H and O–H groups in total. The van der Waals surface area contributed by atoms with Crippen LogP contribution < -0.4 is 10.2 Å². The minimum Gasteiger partial charge on any atom is -0.384 e. The number of nitrogens with zero attached hydrogens (tertiary/aromatic N) is 1. The molecule has 3 nitrogen and oxygen atoms in total. The van der Waals surface area contributed by atoms with Crippen LogP contribution in [0.25, 0.3) is 0 Å². The first-order valence-electron chi connectivity index (χ1n) is 7.86. The Bertz CT molecular complexity index is 442. The van der Waals surface area contributed by atoms with E-state index in [-0.39, 0.29) is 5.82 Å². The number of halogens is 1. The molecular formula is C17H27FN2O. The first kappa shape index (κ1) is 16.2. The van der Waals surface area contributed by atoms with E-state index in [1.165, 1.54) is 0 Å². The molecule has 0 bridgehead atoms. The summed E-state index contributed by atoms with van der Waals surface area (Å²) in [5.41, 5.74) is 1.83. The Morgan fingerprint density at radius 1 is 1.33 bits per heavy atom.